The van der Waals surface area contributed by atoms with E-state index >= 15 is 0 Å². The zero-order valence-electron chi connectivity index (χ0n) is 12.1. The monoisotopic (exact) mass is 297 g/mol. The summed E-state index contributed by atoms with van der Waals surface area (Å²) < 4.78 is 0. The molecule has 0 radical (unpaired) electrons. The van der Waals surface area contributed by atoms with Crippen LogP contribution in [0.25, 0.3) is 0 Å². The van der Waals surface area contributed by atoms with Crippen molar-refractivity contribution in [3.63, 3.8) is 0 Å². The molecule has 5 heteroatoms. The van der Waals surface area contributed by atoms with E-state index in [0.717, 1.165) is 28.3 Å². The van der Waals surface area contributed by atoms with Gasteiger partial charge in [-0.15, -0.1) is 11.8 Å². The first-order chi connectivity index (χ1) is 9.06. The summed E-state index contributed by atoms with van der Waals surface area (Å²) in [6.07, 6.45) is 5.23. The van der Waals surface area contributed by atoms with Crippen molar-refractivity contribution in [2.75, 3.05) is 30.2 Å². The second-order valence-corrected chi connectivity index (χ2v) is 6.16. The number of anilines is 1. The normalized spacial score (nSPS) is 12.2. The van der Waals surface area contributed by atoms with Gasteiger partial charge in [0.05, 0.1) is 5.56 Å². The van der Waals surface area contributed by atoms with Crippen LogP contribution in [0.2, 0.25) is 0 Å². The maximum absolute atomic E-state index is 7.85. The Kier molecular flexibility index (Phi) is 6.58. The number of rotatable bonds is 7. The Balaban J connectivity index is 3.21. The minimum Gasteiger partial charge on any atom is -0.384 e. The fraction of sp³-hybridized carbons (Fsp3) is 0.500. The average molecular weight is 297 g/mol. The molecular formula is C14H23N3S2. The Hall–Kier alpha value is -0.810. The Morgan fingerprint density at radius 3 is 2.58 bits per heavy atom. The molecule has 19 heavy (non-hydrogen) atoms. The van der Waals surface area contributed by atoms with E-state index in [0.29, 0.717) is 6.04 Å². The number of amidine groups is 1. The molecule has 1 atom stereocenters. The van der Waals surface area contributed by atoms with E-state index in [2.05, 4.69) is 31.2 Å². The van der Waals surface area contributed by atoms with Crippen LogP contribution in [-0.4, -0.2) is 37.2 Å². The Bertz CT molecular complexity index is 435. The van der Waals surface area contributed by atoms with Gasteiger partial charge in [-0.2, -0.15) is 11.8 Å². The molecule has 0 aliphatic rings. The van der Waals surface area contributed by atoms with Crippen LogP contribution in [-0.2, 0) is 0 Å². The smallest absolute Gasteiger partial charge is 0.126 e. The third-order valence-corrected chi connectivity index (χ3v) is 4.75. The van der Waals surface area contributed by atoms with E-state index < -0.39 is 0 Å². The van der Waals surface area contributed by atoms with Gasteiger partial charge in [-0.3, -0.25) is 5.41 Å². The van der Waals surface area contributed by atoms with Crippen molar-refractivity contribution in [3.05, 3.63) is 23.8 Å². The van der Waals surface area contributed by atoms with Crippen molar-refractivity contribution < 1.29 is 0 Å². The minimum absolute atomic E-state index is 0.144. The number of thioether (sulfide) groups is 2. The molecule has 1 rings (SSSR count). The first-order valence-electron chi connectivity index (χ1n) is 6.29. The highest BCUT2D eigenvalue weighted by atomic mass is 32.2. The van der Waals surface area contributed by atoms with Gasteiger partial charge < -0.3 is 10.6 Å². The molecular weight excluding hydrogens is 274 g/mol. The molecule has 0 aliphatic heterocycles. The summed E-state index contributed by atoms with van der Waals surface area (Å²) in [6, 6.07) is 6.58. The maximum atomic E-state index is 7.85. The van der Waals surface area contributed by atoms with Crippen LogP contribution in [0.5, 0.6) is 0 Å². The second-order valence-electron chi connectivity index (χ2n) is 4.40. The molecule has 3 nitrogen and oxygen atoms in total. The molecule has 0 fully saturated rings. The summed E-state index contributed by atoms with van der Waals surface area (Å²) in [5, 5.41) is 7.85. The highest BCUT2D eigenvalue weighted by Crippen LogP contribution is 2.30. The van der Waals surface area contributed by atoms with Gasteiger partial charge in [-0.1, -0.05) is 13.0 Å². The summed E-state index contributed by atoms with van der Waals surface area (Å²) in [5.74, 6) is 1.22. The zero-order valence-corrected chi connectivity index (χ0v) is 13.7. The van der Waals surface area contributed by atoms with Crippen LogP contribution >= 0.6 is 23.5 Å². The van der Waals surface area contributed by atoms with Crippen molar-refractivity contribution in [2.24, 2.45) is 5.73 Å². The van der Waals surface area contributed by atoms with Gasteiger partial charge in [-0.05, 0) is 31.1 Å². The molecule has 0 saturated carbocycles. The van der Waals surface area contributed by atoms with Gasteiger partial charge in [0.25, 0.3) is 0 Å². The Morgan fingerprint density at radius 2 is 2.11 bits per heavy atom. The molecule has 0 aliphatic carbocycles. The minimum atomic E-state index is 0.144. The summed E-state index contributed by atoms with van der Waals surface area (Å²) in [5.41, 5.74) is 7.70. The SMILES string of the molecule is CCC(CSC)N(C)c1cccc(SC)c1C(=N)N. The average Bonchev–Trinajstić information content (AvgIpc) is 2.42. The largest absolute Gasteiger partial charge is 0.384 e. The zero-order chi connectivity index (χ0) is 14.4. The lowest BCUT2D eigenvalue weighted by atomic mass is 10.1. The van der Waals surface area contributed by atoms with Crippen molar-refractivity contribution in [1.29, 1.82) is 5.41 Å². The number of hydrogen-bond donors (Lipinski definition) is 2. The summed E-state index contributed by atoms with van der Waals surface area (Å²) in [4.78, 5) is 3.32. The van der Waals surface area contributed by atoms with Crippen molar-refractivity contribution >= 4 is 35.0 Å². The molecule has 1 unspecified atom stereocenters. The number of nitrogens with one attached hydrogen (secondary N) is 1. The Morgan fingerprint density at radius 1 is 1.42 bits per heavy atom. The Labute approximate surface area is 124 Å². The van der Waals surface area contributed by atoms with Gasteiger partial charge in [0.2, 0.25) is 0 Å². The van der Waals surface area contributed by atoms with Crippen LogP contribution < -0.4 is 10.6 Å². The van der Waals surface area contributed by atoms with E-state index in [1.165, 1.54) is 0 Å². The van der Waals surface area contributed by atoms with Crippen LogP contribution in [0.1, 0.15) is 18.9 Å². The van der Waals surface area contributed by atoms with Crippen LogP contribution in [0, 0.1) is 5.41 Å². The first kappa shape index (κ1) is 16.2. The van der Waals surface area contributed by atoms with E-state index in [1.54, 1.807) is 11.8 Å². The molecule has 1 aromatic rings. The number of hydrogen-bond acceptors (Lipinski definition) is 4. The molecule has 0 bridgehead atoms. The fourth-order valence-corrected chi connectivity index (χ4v) is 3.62. The van der Waals surface area contributed by atoms with Gasteiger partial charge in [0, 0.05) is 29.4 Å². The molecule has 0 saturated heterocycles. The van der Waals surface area contributed by atoms with Gasteiger partial charge in [-0.25, -0.2) is 0 Å². The van der Waals surface area contributed by atoms with Crippen molar-refractivity contribution in [2.45, 2.75) is 24.3 Å². The highest BCUT2D eigenvalue weighted by Gasteiger charge is 2.19. The first-order valence-corrected chi connectivity index (χ1v) is 8.91. The number of benzene rings is 1. The quantitative estimate of drug-likeness (QED) is 0.461. The van der Waals surface area contributed by atoms with Gasteiger partial charge in [0.1, 0.15) is 5.84 Å². The topological polar surface area (TPSA) is 53.1 Å². The lowest BCUT2D eigenvalue weighted by Crippen LogP contribution is -2.35. The number of nitrogens with zero attached hydrogens (tertiary/aromatic N) is 1. The predicted molar refractivity (Wildman–Crippen MR) is 90.1 cm³/mol. The molecule has 0 spiro atoms. The molecule has 3 N–H and O–H groups in total. The lowest BCUT2D eigenvalue weighted by molar-refractivity contribution is 0.672. The molecule has 0 heterocycles. The summed E-state index contributed by atoms with van der Waals surface area (Å²) in [6.45, 7) is 2.20. The molecule has 1 aromatic carbocycles. The van der Waals surface area contributed by atoms with E-state index in [-0.39, 0.29) is 5.84 Å². The van der Waals surface area contributed by atoms with Gasteiger partial charge >= 0.3 is 0 Å². The molecule has 0 aromatic heterocycles. The maximum Gasteiger partial charge on any atom is 0.126 e. The fourth-order valence-electron chi connectivity index (χ4n) is 2.15. The van der Waals surface area contributed by atoms with E-state index in [4.69, 9.17) is 11.1 Å². The van der Waals surface area contributed by atoms with Crippen molar-refractivity contribution in [3.8, 4) is 0 Å². The molecule has 0 amide bonds. The van der Waals surface area contributed by atoms with Gasteiger partial charge in [0.15, 0.2) is 0 Å². The number of nitrogens with two attached hydrogens (primary N) is 1. The standard InChI is InChI=1S/C14H23N3S2/c1-5-10(9-18-3)17(2)11-7-6-8-12(19-4)13(11)14(15)16/h6-8,10H,5,9H2,1-4H3,(H3,15,16). The third-order valence-electron chi connectivity index (χ3n) is 3.25. The van der Waals surface area contributed by atoms with Crippen molar-refractivity contribution in [1.82, 2.24) is 0 Å². The lowest BCUT2D eigenvalue weighted by Gasteiger charge is -2.31. The third kappa shape index (κ3) is 3.83. The van der Waals surface area contributed by atoms with E-state index in [1.807, 2.05) is 30.2 Å². The van der Waals surface area contributed by atoms with Crippen LogP contribution in [0.3, 0.4) is 0 Å². The second kappa shape index (κ2) is 7.70. The van der Waals surface area contributed by atoms with E-state index in [9.17, 15) is 0 Å². The summed E-state index contributed by atoms with van der Waals surface area (Å²) >= 11 is 3.48. The van der Waals surface area contributed by atoms with Crippen LogP contribution in [0.4, 0.5) is 5.69 Å². The number of nitrogen functional groups attached to an aromatic ring is 1. The summed E-state index contributed by atoms with van der Waals surface area (Å²) in [7, 11) is 2.09. The highest BCUT2D eigenvalue weighted by molar-refractivity contribution is 7.98. The molecule has 106 valence electrons. The predicted octanol–water partition coefficient (Wildman–Crippen LogP) is 3.27. The van der Waals surface area contributed by atoms with Crippen LogP contribution in [0.15, 0.2) is 23.1 Å².